The molecule has 7 aromatic heterocycles. The minimum Gasteiger partial charge on any atom is -0.423 e. The summed E-state index contributed by atoms with van der Waals surface area (Å²) in [6.45, 7) is 0. The van der Waals surface area contributed by atoms with Gasteiger partial charge in [0, 0.05) is 102 Å². The zero-order valence-corrected chi connectivity index (χ0v) is 75.7. The first kappa shape index (κ1) is 85.1. The van der Waals surface area contributed by atoms with Crippen molar-refractivity contribution >= 4 is 218 Å². The Balaban J connectivity index is 0.000000104. The summed E-state index contributed by atoms with van der Waals surface area (Å²) in [5, 5.41) is 50.8. The molecule has 638 valence electrons. The number of para-hydroxylation sites is 11. The molecule has 19 heteroatoms. The van der Waals surface area contributed by atoms with E-state index in [-0.39, 0.29) is 0 Å². The maximum atomic E-state index is 9.43. The smallest absolute Gasteiger partial charge is 0.423 e. The van der Waals surface area contributed by atoms with Crippen molar-refractivity contribution in [3.63, 3.8) is 0 Å². The number of benzene rings is 18. The fourth-order valence-corrected chi connectivity index (χ4v) is 19.6. The molecule has 18 aromatic carbocycles. The fraction of sp³-hybridized carbons (Fsp3) is 0.00877. The Morgan fingerprint density at radius 2 is 0.684 bits per heavy atom. The number of nitrogens with one attached hydrogen (secondary N) is 1. The third-order valence-corrected chi connectivity index (χ3v) is 26.3. The van der Waals surface area contributed by atoms with Gasteiger partial charge in [-0.1, -0.05) is 335 Å². The van der Waals surface area contributed by atoms with E-state index < -0.39 is 14.2 Å². The third kappa shape index (κ3) is 16.6. The Labute approximate surface area is 793 Å². The van der Waals surface area contributed by atoms with Crippen LogP contribution in [0.25, 0.3) is 187 Å². The van der Waals surface area contributed by atoms with Gasteiger partial charge in [-0.15, -0.1) is 0 Å². The number of hydrogen-bond donors (Lipinski definition) is 5. The second-order valence-electron chi connectivity index (χ2n) is 32.5. The number of hydrogen-bond acceptors (Lipinski definition) is 7. The molecule has 0 spiro atoms. The molecule has 0 saturated heterocycles. The summed E-state index contributed by atoms with van der Waals surface area (Å²) in [4.78, 5) is 17.4. The first-order valence-electron chi connectivity index (χ1n) is 43.5. The van der Waals surface area contributed by atoms with Gasteiger partial charge < -0.3 is 38.8 Å². The van der Waals surface area contributed by atoms with Gasteiger partial charge in [0.15, 0.2) is 11.0 Å². The van der Waals surface area contributed by atoms with Crippen molar-refractivity contribution in [3.8, 4) is 56.3 Å². The number of H-pyrrole nitrogens is 1. The van der Waals surface area contributed by atoms with Crippen LogP contribution < -0.4 is 10.9 Å². The van der Waals surface area contributed by atoms with Crippen LogP contribution in [0, 0.1) is 0 Å². The lowest BCUT2D eigenvalue weighted by molar-refractivity contribution is 0.424. The van der Waals surface area contributed by atoms with Crippen molar-refractivity contribution in [1.29, 1.82) is 0 Å². The number of aromatic amines is 1. The number of fused-ring (bicyclic) bond motifs is 20. The average molecular weight is 1870 g/mol. The fourth-order valence-electron chi connectivity index (χ4n) is 18.4. The van der Waals surface area contributed by atoms with Crippen molar-refractivity contribution < 1.29 is 20.1 Å². The molecule has 0 bridgehead atoms. The van der Waals surface area contributed by atoms with Crippen LogP contribution in [0.5, 0.6) is 0 Å². The van der Waals surface area contributed by atoms with E-state index in [1.807, 2.05) is 97.1 Å². The second-order valence-corrected chi connectivity index (χ2v) is 35.0. The predicted octanol–water partition coefficient (Wildman–Crippen LogP) is 28.3. The largest absolute Gasteiger partial charge is 0.489 e. The number of aromatic nitrogens is 8. The molecular weight excluding hydrogens is 1790 g/mol. The number of rotatable bonds is 8. The first-order valence-corrected chi connectivity index (χ1v) is 45.8. The third-order valence-electron chi connectivity index (χ3n) is 24.5. The lowest BCUT2D eigenvalue weighted by Gasteiger charge is -2.11. The minimum atomic E-state index is -1.48. The molecule has 12 nitrogen and oxygen atoms in total. The van der Waals surface area contributed by atoms with Crippen molar-refractivity contribution in [2.45, 2.75) is 6.42 Å². The van der Waals surface area contributed by atoms with Gasteiger partial charge in [0.2, 0.25) is 0 Å². The topological polar surface area (TPSA) is 155 Å². The highest BCUT2D eigenvalue weighted by molar-refractivity contribution is 9.10. The number of nitrogens with zero attached hydrogens (tertiary/aromatic N) is 7. The average Bonchev–Trinajstić information content (AvgIpc) is 1.68. The molecule has 133 heavy (non-hydrogen) atoms. The lowest BCUT2D eigenvalue weighted by atomic mass is 9.80. The zero-order chi connectivity index (χ0) is 90.3. The zero-order valence-electron chi connectivity index (χ0n) is 71.1. The normalized spacial score (nSPS) is 11.5. The lowest BCUT2D eigenvalue weighted by Crippen LogP contribution is -2.30. The molecule has 26 rings (SSSR count). The van der Waals surface area contributed by atoms with Crippen LogP contribution in [0.3, 0.4) is 0 Å². The SMILES string of the molecule is Brc1ccc2c(c1)Cc1ccccc1-2.Clc1cc2ccccc2nc1Cl.Clc1nc2ccccc2nc1-n1c2ccccc2c2ccc(-c3ccc4c(c3)c3ccccc3n4-c3ccccc3)cc21.OB(O)c1ccc2c(c1)c1ccccc1n2-c1ccccc1.OB(O)c1ccccc1Cl.c1ccc(-n2c3ccccc3c3cc(-c4ccc5c(c4)[nH]c4ccccc45)ccc32)cc1. The monoisotopic (exact) mass is 1860 g/mol. The predicted molar refractivity (Wildman–Crippen MR) is 560 cm³/mol. The Bertz CT molecular complexity index is 8710. The van der Waals surface area contributed by atoms with Gasteiger partial charge in [0.25, 0.3) is 0 Å². The molecule has 0 radical (unpaired) electrons. The van der Waals surface area contributed by atoms with E-state index in [0.717, 1.165) is 94.5 Å². The maximum Gasteiger partial charge on any atom is 0.489 e. The molecular formula is C114H77B2BrCl4N8O4. The Kier molecular flexibility index (Phi) is 23.6. The molecule has 0 aliphatic heterocycles. The van der Waals surface area contributed by atoms with Crippen LogP contribution in [0.1, 0.15) is 11.1 Å². The van der Waals surface area contributed by atoms with Gasteiger partial charge in [0.1, 0.15) is 5.15 Å². The summed E-state index contributed by atoms with van der Waals surface area (Å²) in [7, 11) is -2.93. The summed E-state index contributed by atoms with van der Waals surface area (Å²) < 4.78 is 10.2. The standard InChI is InChI=1S/C38H23ClN4.C30H20N2.C18H14BNO2.C13H9Br.C9H5Cl2N.C6H6BClO2/c39-37-38(41-32-15-7-6-14-31(32)40-37)43-34-17-9-4-12-27(34)29-20-18-25(23-36(29)43)24-19-21-35-30(22-24)28-13-5-8-16-33(28)42(35)26-10-2-1-3-11-26;1-2-8-22(9-3-1)32-29-13-7-5-11-25(29)26-18-20(15-17-30(26)32)21-14-16-24-23-10-4-6-12-27(23)31-28(24)19-21;21-19(22)13-10-11-18-16(12-13)15-8-4-5-9-17(15)20(18)14-6-2-1-3-7-14;14-11-5-6-13-10(8-11)7-9-3-1-2-4-12(9)13;10-7-5-6-3-1-2-4-8(6)12-9(7)11;8-6-4-2-1-3-5(6)7(9)10/h1-23H;1-19,31H;1-12,21-22H;1-6,8H,7H2;1-5H;1-4,9-10H. The van der Waals surface area contributed by atoms with Gasteiger partial charge in [-0.05, 0) is 208 Å². The van der Waals surface area contributed by atoms with Crippen molar-refractivity contribution in [3.05, 3.63) is 461 Å². The van der Waals surface area contributed by atoms with Gasteiger partial charge in [0.05, 0.1) is 65.7 Å². The molecule has 5 N–H and O–H groups in total. The maximum absolute atomic E-state index is 9.43. The van der Waals surface area contributed by atoms with Crippen LogP contribution >= 0.6 is 62.3 Å². The van der Waals surface area contributed by atoms with E-state index in [1.165, 1.54) is 109 Å². The second kappa shape index (κ2) is 36.9. The summed E-state index contributed by atoms with van der Waals surface area (Å²) in [6.07, 6.45) is 1.07. The number of halogens is 5. The number of pyridine rings is 1. The van der Waals surface area contributed by atoms with E-state index >= 15 is 0 Å². The molecule has 1 aliphatic rings. The van der Waals surface area contributed by atoms with Gasteiger partial charge in [-0.2, -0.15) is 0 Å². The van der Waals surface area contributed by atoms with Crippen LogP contribution in [0.15, 0.2) is 429 Å². The van der Waals surface area contributed by atoms with E-state index in [9.17, 15) is 10.0 Å². The molecule has 0 atom stereocenters. The Morgan fingerprint density at radius 3 is 1.26 bits per heavy atom. The quantitative estimate of drug-likeness (QED) is 0.0749. The summed E-state index contributed by atoms with van der Waals surface area (Å²) in [5.74, 6) is 0.630. The van der Waals surface area contributed by atoms with Crippen LogP contribution in [-0.4, -0.2) is 72.5 Å². The highest BCUT2D eigenvalue weighted by Gasteiger charge is 2.24. The minimum absolute atomic E-state index is 0.337. The summed E-state index contributed by atoms with van der Waals surface area (Å²) in [6, 6.07) is 145. The van der Waals surface area contributed by atoms with E-state index in [1.54, 1.807) is 30.3 Å². The first-order chi connectivity index (χ1) is 65.2. The van der Waals surface area contributed by atoms with Gasteiger partial charge in [-0.25, -0.2) is 15.0 Å². The molecule has 0 amide bonds. The highest BCUT2D eigenvalue weighted by Crippen LogP contribution is 2.43. The summed E-state index contributed by atoms with van der Waals surface area (Å²) in [5.41, 5.74) is 28.6. The van der Waals surface area contributed by atoms with Crippen LogP contribution in [0.4, 0.5) is 0 Å². The van der Waals surface area contributed by atoms with Crippen LogP contribution in [0.2, 0.25) is 20.4 Å². The van der Waals surface area contributed by atoms with Crippen molar-refractivity contribution in [2.75, 3.05) is 0 Å². The van der Waals surface area contributed by atoms with Crippen LogP contribution in [-0.2, 0) is 6.42 Å². The molecule has 1 aliphatic carbocycles. The van der Waals surface area contributed by atoms with Crippen molar-refractivity contribution in [2.24, 2.45) is 0 Å². The van der Waals surface area contributed by atoms with E-state index in [2.05, 4.69) is 341 Å². The Hall–Kier alpha value is -14.7. The van der Waals surface area contributed by atoms with Gasteiger partial charge in [-0.3, -0.25) is 4.57 Å². The van der Waals surface area contributed by atoms with Gasteiger partial charge >= 0.3 is 14.2 Å². The van der Waals surface area contributed by atoms with E-state index in [4.69, 9.17) is 66.4 Å². The Morgan fingerprint density at radius 1 is 0.271 bits per heavy atom. The summed E-state index contributed by atoms with van der Waals surface area (Å²) >= 11 is 27.5. The molecule has 25 aromatic rings. The molecule has 7 heterocycles. The van der Waals surface area contributed by atoms with E-state index in [0.29, 0.717) is 37.1 Å². The highest BCUT2D eigenvalue weighted by atomic mass is 79.9. The molecule has 0 saturated carbocycles. The van der Waals surface area contributed by atoms with Crippen molar-refractivity contribution in [1.82, 2.24) is 38.2 Å². The molecule has 0 fully saturated rings. The molecule has 0 unspecified atom stereocenters.